The Balaban J connectivity index is 1.97. The summed E-state index contributed by atoms with van der Waals surface area (Å²) in [6, 6.07) is 17.2. The van der Waals surface area contributed by atoms with Crippen LogP contribution < -0.4 is 5.56 Å². The van der Waals surface area contributed by atoms with Gasteiger partial charge >= 0.3 is 0 Å². The van der Waals surface area contributed by atoms with Crippen molar-refractivity contribution < 1.29 is 4.39 Å². The van der Waals surface area contributed by atoms with Crippen LogP contribution >= 0.6 is 0 Å². The first-order chi connectivity index (χ1) is 10.2. The zero-order chi connectivity index (χ0) is 14.7. The molecule has 0 aliphatic heterocycles. The molecule has 3 aromatic rings. The standard InChI is InChI=1S/C17H13FN2O/c18-14-8-4-5-12(9-14)10-16-19-15(11-17(21)20-16)13-6-2-1-3-7-13/h1-9,11H,10H2,(H,19,20,21). The highest BCUT2D eigenvalue weighted by molar-refractivity contribution is 5.58. The number of hydrogen-bond acceptors (Lipinski definition) is 2. The van der Waals surface area contributed by atoms with Crippen LogP contribution in [0.5, 0.6) is 0 Å². The summed E-state index contributed by atoms with van der Waals surface area (Å²) in [6.45, 7) is 0. The first kappa shape index (κ1) is 13.2. The lowest BCUT2D eigenvalue weighted by Crippen LogP contribution is -2.11. The van der Waals surface area contributed by atoms with Gasteiger partial charge in [0.05, 0.1) is 5.69 Å². The van der Waals surface area contributed by atoms with Gasteiger partial charge in [-0.2, -0.15) is 0 Å². The number of nitrogens with one attached hydrogen (secondary N) is 1. The molecule has 1 heterocycles. The van der Waals surface area contributed by atoms with E-state index in [9.17, 15) is 9.18 Å². The van der Waals surface area contributed by atoms with Crippen LogP contribution in [0, 0.1) is 5.82 Å². The van der Waals surface area contributed by atoms with Crippen LogP contribution in [0.25, 0.3) is 11.3 Å². The third kappa shape index (κ3) is 3.23. The molecular weight excluding hydrogens is 267 g/mol. The summed E-state index contributed by atoms with van der Waals surface area (Å²) in [7, 11) is 0. The number of aromatic amines is 1. The van der Waals surface area contributed by atoms with Crippen LogP contribution in [0.2, 0.25) is 0 Å². The van der Waals surface area contributed by atoms with E-state index in [-0.39, 0.29) is 11.4 Å². The zero-order valence-electron chi connectivity index (χ0n) is 11.2. The number of aromatic nitrogens is 2. The number of H-pyrrole nitrogens is 1. The van der Waals surface area contributed by atoms with Crippen molar-refractivity contribution in [3.63, 3.8) is 0 Å². The monoisotopic (exact) mass is 280 g/mol. The van der Waals surface area contributed by atoms with Crippen molar-refractivity contribution in [3.05, 3.63) is 88.2 Å². The molecule has 0 atom stereocenters. The summed E-state index contributed by atoms with van der Waals surface area (Å²) in [5.74, 6) is 0.223. The molecule has 104 valence electrons. The predicted octanol–water partition coefficient (Wildman–Crippen LogP) is 3.17. The Morgan fingerprint density at radius 2 is 1.81 bits per heavy atom. The van der Waals surface area contributed by atoms with Gasteiger partial charge in [-0.15, -0.1) is 0 Å². The molecule has 0 fully saturated rings. The summed E-state index contributed by atoms with van der Waals surface area (Å²) in [6.07, 6.45) is 0.383. The fraction of sp³-hybridized carbons (Fsp3) is 0.0588. The molecule has 0 unspecified atom stereocenters. The van der Waals surface area contributed by atoms with Gasteiger partial charge in [0.2, 0.25) is 0 Å². The molecule has 0 radical (unpaired) electrons. The summed E-state index contributed by atoms with van der Waals surface area (Å²) in [4.78, 5) is 18.9. The molecule has 21 heavy (non-hydrogen) atoms. The Morgan fingerprint density at radius 3 is 2.57 bits per heavy atom. The van der Waals surface area contributed by atoms with E-state index in [2.05, 4.69) is 9.97 Å². The first-order valence-electron chi connectivity index (χ1n) is 6.61. The fourth-order valence-electron chi connectivity index (χ4n) is 2.19. The van der Waals surface area contributed by atoms with E-state index < -0.39 is 0 Å². The SMILES string of the molecule is O=c1cc(-c2ccccc2)nc(Cc2cccc(F)c2)[nH]1. The molecule has 0 saturated carbocycles. The average Bonchev–Trinajstić information content (AvgIpc) is 2.47. The highest BCUT2D eigenvalue weighted by Crippen LogP contribution is 2.15. The molecule has 2 aromatic carbocycles. The molecule has 1 aromatic heterocycles. The van der Waals surface area contributed by atoms with E-state index in [0.717, 1.165) is 11.1 Å². The predicted molar refractivity (Wildman–Crippen MR) is 79.5 cm³/mol. The van der Waals surface area contributed by atoms with Gasteiger partial charge in [0.1, 0.15) is 11.6 Å². The van der Waals surface area contributed by atoms with Crippen molar-refractivity contribution in [3.8, 4) is 11.3 Å². The van der Waals surface area contributed by atoms with E-state index >= 15 is 0 Å². The Morgan fingerprint density at radius 1 is 1.00 bits per heavy atom. The van der Waals surface area contributed by atoms with Crippen LogP contribution in [0.1, 0.15) is 11.4 Å². The Bertz CT molecular complexity index is 812. The lowest BCUT2D eigenvalue weighted by atomic mass is 10.1. The highest BCUT2D eigenvalue weighted by Gasteiger charge is 2.05. The Labute approximate surface area is 121 Å². The number of nitrogens with zero attached hydrogens (tertiary/aromatic N) is 1. The molecule has 0 spiro atoms. The minimum Gasteiger partial charge on any atom is -0.310 e. The lowest BCUT2D eigenvalue weighted by Gasteiger charge is -2.05. The van der Waals surface area contributed by atoms with Crippen molar-refractivity contribution in [2.75, 3.05) is 0 Å². The second-order valence-corrected chi connectivity index (χ2v) is 4.75. The second kappa shape index (κ2) is 5.71. The summed E-state index contributed by atoms with van der Waals surface area (Å²) in [5, 5.41) is 0. The van der Waals surface area contributed by atoms with Crippen LogP contribution in [0.4, 0.5) is 4.39 Å². The lowest BCUT2D eigenvalue weighted by molar-refractivity contribution is 0.625. The number of hydrogen-bond donors (Lipinski definition) is 1. The Kier molecular flexibility index (Phi) is 3.60. The van der Waals surface area contributed by atoms with Crippen LogP contribution in [0.3, 0.4) is 0 Å². The fourth-order valence-corrected chi connectivity index (χ4v) is 2.19. The maximum Gasteiger partial charge on any atom is 0.251 e. The number of benzene rings is 2. The molecular formula is C17H13FN2O. The second-order valence-electron chi connectivity index (χ2n) is 4.75. The molecule has 3 nitrogen and oxygen atoms in total. The average molecular weight is 280 g/mol. The summed E-state index contributed by atoms with van der Waals surface area (Å²) < 4.78 is 13.2. The van der Waals surface area contributed by atoms with Gasteiger partial charge in [0.15, 0.2) is 0 Å². The molecule has 0 saturated heterocycles. The van der Waals surface area contributed by atoms with Gasteiger partial charge in [-0.05, 0) is 17.7 Å². The number of rotatable bonds is 3. The van der Waals surface area contributed by atoms with Gasteiger partial charge in [0.25, 0.3) is 5.56 Å². The minimum absolute atomic E-state index is 0.213. The molecule has 4 heteroatoms. The summed E-state index contributed by atoms with van der Waals surface area (Å²) in [5.41, 5.74) is 2.05. The van der Waals surface area contributed by atoms with Gasteiger partial charge in [-0.25, -0.2) is 9.37 Å². The topological polar surface area (TPSA) is 45.8 Å². The van der Waals surface area contributed by atoms with Gasteiger partial charge < -0.3 is 4.98 Å². The van der Waals surface area contributed by atoms with E-state index in [4.69, 9.17) is 0 Å². The van der Waals surface area contributed by atoms with Crippen molar-refractivity contribution in [1.29, 1.82) is 0 Å². The van der Waals surface area contributed by atoms with Gasteiger partial charge in [-0.3, -0.25) is 4.79 Å². The van der Waals surface area contributed by atoms with E-state index in [1.54, 1.807) is 12.1 Å². The number of halogens is 1. The molecule has 1 N–H and O–H groups in total. The third-order valence-electron chi connectivity index (χ3n) is 3.12. The van der Waals surface area contributed by atoms with Crippen LogP contribution in [-0.2, 0) is 6.42 Å². The zero-order valence-corrected chi connectivity index (χ0v) is 11.2. The third-order valence-corrected chi connectivity index (χ3v) is 3.12. The van der Waals surface area contributed by atoms with E-state index in [1.807, 2.05) is 30.3 Å². The highest BCUT2D eigenvalue weighted by atomic mass is 19.1. The first-order valence-corrected chi connectivity index (χ1v) is 6.61. The van der Waals surface area contributed by atoms with E-state index in [0.29, 0.717) is 17.9 Å². The van der Waals surface area contributed by atoms with Crippen molar-refractivity contribution in [2.45, 2.75) is 6.42 Å². The maximum atomic E-state index is 13.2. The molecule has 0 bridgehead atoms. The maximum absolute atomic E-state index is 13.2. The smallest absolute Gasteiger partial charge is 0.251 e. The Hall–Kier alpha value is -2.75. The van der Waals surface area contributed by atoms with Crippen molar-refractivity contribution >= 4 is 0 Å². The quantitative estimate of drug-likeness (QED) is 0.801. The van der Waals surface area contributed by atoms with Gasteiger partial charge in [0, 0.05) is 18.1 Å². The largest absolute Gasteiger partial charge is 0.310 e. The molecule has 0 amide bonds. The van der Waals surface area contributed by atoms with Crippen LogP contribution in [-0.4, -0.2) is 9.97 Å². The summed E-state index contributed by atoms with van der Waals surface area (Å²) >= 11 is 0. The van der Waals surface area contributed by atoms with Crippen LogP contribution in [0.15, 0.2) is 65.5 Å². The van der Waals surface area contributed by atoms with Gasteiger partial charge in [-0.1, -0.05) is 42.5 Å². The normalized spacial score (nSPS) is 10.5. The minimum atomic E-state index is -0.297. The van der Waals surface area contributed by atoms with E-state index in [1.165, 1.54) is 18.2 Å². The molecule has 3 rings (SSSR count). The molecule has 0 aliphatic rings. The molecule has 0 aliphatic carbocycles. The van der Waals surface area contributed by atoms with Crippen molar-refractivity contribution in [2.24, 2.45) is 0 Å². The van der Waals surface area contributed by atoms with Crippen molar-refractivity contribution in [1.82, 2.24) is 9.97 Å².